The van der Waals surface area contributed by atoms with E-state index in [0.717, 1.165) is 10.2 Å². The number of likely N-dealkylation sites (N-methyl/N-ethyl adjacent to an activating group) is 1. The van der Waals surface area contributed by atoms with Crippen molar-refractivity contribution in [2.24, 2.45) is 0 Å². The number of carbonyl (C=O) groups excluding carboxylic acids is 2. The summed E-state index contributed by atoms with van der Waals surface area (Å²) in [6, 6.07) is 14.2. The van der Waals surface area contributed by atoms with Gasteiger partial charge in [0.25, 0.3) is 0 Å². The minimum atomic E-state index is -0.539. The van der Waals surface area contributed by atoms with Crippen molar-refractivity contribution in [1.82, 2.24) is 9.88 Å². The SMILES string of the molecule is CC(C(=O)N(CCC#N)c1ccccc1)N(C)CC(=O)Nc1ccc(Br)cn1. The van der Waals surface area contributed by atoms with E-state index >= 15 is 0 Å². The molecule has 1 aromatic carbocycles. The van der Waals surface area contributed by atoms with Crippen LogP contribution in [0.3, 0.4) is 0 Å². The Morgan fingerprint density at radius 2 is 1.96 bits per heavy atom. The van der Waals surface area contributed by atoms with Gasteiger partial charge in [0.2, 0.25) is 11.8 Å². The number of para-hydroxylation sites is 1. The lowest BCUT2D eigenvalue weighted by molar-refractivity contribution is -0.124. The maximum Gasteiger partial charge on any atom is 0.244 e. The van der Waals surface area contributed by atoms with Crippen molar-refractivity contribution in [2.45, 2.75) is 19.4 Å². The Kier molecular flexibility index (Phi) is 8.11. The largest absolute Gasteiger partial charge is 0.310 e. The van der Waals surface area contributed by atoms with E-state index in [1.165, 1.54) is 0 Å². The Morgan fingerprint density at radius 3 is 2.57 bits per heavy atom. The number of benzene rings is 1. The van der Waals surface area contributed by atoms with E-state index in [4.69, 9.17) is 5.26 Å². The molecular weight excluding hydrogens is 422 g/mol. The number of amides is 2. The molecule has 0 saturated carbocycles. The summed E-state index contributed by atoms with van der Waals surface area (Å²) in [6.45, 7) is 2.08. The van der Waals surface area contributed by atoms with Gasteiger partial charge in [-0.2, -0.15) is 5.26 Å². The predicted molar refractivity (Wildman–Crippen MR) is 112 cm³/mol. The normalized spacial score (nSPS) is 11.5. The fourth-order valence-corrected chi connectivity index (χ4v) is 2.78. The molecular formula is C20H22BrN5O2. The van der Waals surface area contributed by atoms with Gasteiger partial charge in [0.15, 0.2) is 0 Å². The molecule has 1 atom stereocenters. The third kappa shape index (κ3) is 6.15. The summed E-state index contributed by atoms with van der Waals surface area (Å²) < 4.78 is 0.820. The third-order valence-corrected chi connectivity index (χ3v) is 4.66. The number of halogens is 1. The van der Waals surface area contributed by atoms with Gasteiger partial charge in [0.05, 0.1) is 25.1 Å². The van der Waals surface area contributed by atoms with E-state index in [0.29, 0.717) is 12.4 Å². The number of nitrogens with one attached hydrogen (secondary N) is 1. The second kappa shape index (κ2) is 10.5. The molecule has 0 radical (unpaired) electrons. The summed E-state index contributed by atoms with van der Waals surface area (Å²) in [4.78, 5) is 32.6. The molecule has 0 bridgehead atoms. The average molecular weight is 444 g/mol. The lowest BCUT2D eigenvalue weighted by Crippen LogP contribution is -2.48. The smallest absolute Gasteiger partial charge is 0.244 e. The highest BCUT2D eigenvalue weighted by Gasteiger charge is 2.26. The van der Waals surface area contributed by atoms with Crippen molar-refractivity contribution in [3.63, 3.8) is 0 Å². The topological polar surface area (TPSA) is 89.3 Å². The molecule has 7 nitrogen and oxygen atoms in total. The van der Waals surface area contributed by atoms with Gasteiger partial charge >= 0.3 is 0 Å². The molecule has 0 aliphatic carbocycles. The maximum atomic E-state index is 13.0. The highest BCUT2D eigenvalue weighted by atomic mass is 79.9. The Hall–Kier alpha value is -2.76. The Morgan fingerprint density at radius 1 is 1.25 bits per heavy atom. The van der Waals surface area contributed by atoms with E-state index in [9.17, 15) is 9.59 Å². The number of hydrogen-bond donors (Lipinski definition) is 1. The highest BCUT2D eigenvalue weighted by molar-refractivity contribution is 9.10. The standard InChI is InChI=1S/C20H22BrN5O2/c1-15(20(28)26(12-6-11-22)17-7-4-3-5-8-17)25(2)14-19(27)24-18-10-9-16(21)13-23-18/h3-5,7-10,13,15H,6,12,14H2,1-2H3,(H,23,24,27). The van der Waals surface area contributed by atoms with E-state index in [-0.39, 0.29) is 24.8 Å². The number of nitrogens with zero attached hydrogens (tertiary/aromatic N) is 4. The molecule has 1 N–H and O–H groups in total. The second-order valence-electron chi connectivity index (χ2n) is 6.23. The fraction of sp³-hybridized carbons (Fsp3) is 0.300. The van der Waals surface area contributed by atoms with Crippen LogP contribution in [0, 0.1) is 11.3 Å². The lowest BCUT2D eigenvalue weighted by atomic mass is 10.2. The first kappa shape index (κ1) is 21.5. The summed E-state index contributed by atoms with van der Waals surface area (Å²) in [5.41, 5.74) is 0.728. The van der Waals surface area contributed by atoms with E-state index in [2.05, 4.69) is 32.3 Å². The number of nitriles is 1. The minimum Gasteiger partial charge on any atom is -0.310 e. The van der Waals surface area contributed by atoms with Crippen LogP contribution in [-0.4, -0.2) is 47.9 Å². The van der Waals surface area contributed by atoms with Gasteiger partial charge in [-0.1, -0.05) is 18.2 Å². The number of carbonyl (C=O) groups is 2. The van der Waals surface area contributed by atoms with Crippen LogP contribution in [0.15, 0.2) is 53.1 Å². The van der Waals surface area contributed by atoms with Gasteiger partial charge < -0.3 is 10.2 Å². The maximum absolute atomic E-state index is 13.0. The van der Waals surface area contributed by atoms with Crippen LogP contribution < -0.4 is 10.2 Å². The molecule has 1 unspecified atom stereocenters. The first-order valence-corrected chi connectivity index (χ1v) is 9.56. The van der Waals surface area contributed by atoms with Crippen LogP contribution in [0.2, 0.25) is 0 Å². The Balaban J connectivity index is 2.01. The number of rotatable bonds is 8. The summed E-state index contributed by atoms with van der Waals surface area (Å²) in [7, 11) is 1.71. The number of pyridine rings is 1. The van der Waals surface area contributed by atoms with Crippen LogP contribution in [0.4, 0.5) is 11.5 Å². The zero-order valence-corrected chi connectivity index (χ0v) is 17.4. The zero-order chi connectivity index (χ0) is 20.5. The Bertz CT molecular complexity index is 836. The van der Waals surface area contributed by atoms with Gasteiger partial charge in [-0.15, -0.1) is 0 Å². The van der Waals surface area contributed by atoms with E-state index < -0.39 is 6.04 Å². The van der Waals surface area contributed by atoms with E-state index in [1.807, 2.05) is 30.3 Å². The molecule has 0 saturated heterocycles. The summed E-state index contributed by atoms with van der Waals surface area (Å²) in [5, 5.41) is 11.6. The molecule has 2 rings (SSSR count). The quantitative estimate of drug-likeness (QED) is 0.676. The number of aromatic nitrogens is 1. The molecule has 0 fully saturated rings. The molecule has 0 aliphatic rings. The first-order valence-electron chi connectivity index (χ1n) is 8.77. The van der Waals surface area contributed by atoms with Gasteiger partial charge in [-0.25, -0.2) is 4.98 Å². The van der Waals surface area contributed by atoms with Gasteiger partial charge in [0.1, 0.15) is 5.82 Å². The van der Waals surface area contributed by atoms with Crippen molar-refractivity contribution in [1.29, 1.82) is 5.26 Å². The van der Waals surface area contributed by atoms with Crippen molar-refractivity contribution in [2.75, 3.05) is 30.4 Å². The third-order valence-electron chi connectivity index (χ3n) is 4.19. The molecule has 1 heterocycles. The molecule has 28 heavy (non-hydrogen) atoms. The second-order valence-corrected chi connectivity index (χ2v) is 7.15. The van der Waals surface area contributed by atoms with Gasteiger partial charge in [0, 0.05) is 22.9 Å². The fourth-order valence-electron chi connectivity index (χ4n) is 2.55. The van der Waals surface area contributed by atoms with Crippen molar-refractivity contribution in [3.05, 3.63) is 53.1 Å². The summed E-state index contributed by atoms with van der Waals surface area (Å²) in [5.74, 6) is 0.0132. The highest BCUT2D eigenvalue weighted by Crippen LogP contribution is 2.16. The monoisotopic (exact) mass is 443 g/mol. The predicted octanol–water partition coefficient (Wildman–Crippen LogP) is 3.05. The summed E-state index contributed by atoms with van der Waals surface area (Å²) in [6.07, 6.45) is 1.82. The van der Waals surface area contributed by atoms with Crippen LogP contribution in [0.5, 0.6) is 0 Å². The average Bonchev–Trinajstić information content (AvgIpc) is 2.70. The molecule has 1 aromatic heterocycles. The van der Waals surface area contributed by atoms with Crippen LogP contribution >= 0.6 is 15.9 Å². The zero-order valence-electron chi connectivity index (χ0n) is 15.8. The first-order chi connectivity index (χ1) is 13.4. The molecule has 146 valence electrons. The number of anilines is 2. The van der Waals surface area contributed by atoms with Crippen LogP contribution in [0.25, 0.3) is 0 Å². The molecule has 2 amide bonds. The van der Waals surface area contributed by atoms with Crippen molar-refractivity contribution < 1.29 is 9.59 Å². The number of hydrogen-bond acceptors (Lipinski definition) is 5. The minimum absolute atomic E-state index is 0.0333. The van der Waals surface area contributed by atoms with E-state index in [1.54, 1.807) is 42.1 Å². The van der Waals surface area contributed by atoms with Gasteiger partial charge in [-0.05, 0) is 54.2 Å². The summed E-state index contributed by atoms with van der Waals surface area (Å²) >= 11 is 3.29. The van der Waals surface area contributed by atoms with Crippen molar-refractivity contribution in [3.8, 4) is 6.07 Å². The van der Waals surface area contributed by atoms with Gasteiger partial charge in [-0.3, -0.25) is 14.5 Å². The Labute approximate surface area is 173 Å². The molecule has 0 aliphatic heterocycles. The molecule has 2 aromatic rings. The van der Waals surface area contributed by atoms with Crippen LogP contribution in [0.1, 0.15) is 13.3 Å². The van der Waals surface area contributed by atoms with Crippen molar-refractivity contribution >= 4 is 39.2 Å². The molecule has 8 heteroatoms. The lowest BCUT2D eigenvalue weighted by Gasteiger charge is -2.30. The molecule has 0 spiro atoms. The van der Waals surface area contributed by atoms with Crippen LogP contribution in [-0.2, 0) is 9.59 Å².